The molecule has 1 aliphatic heterocycles. The van der Waals surface area contributed by atoms with Crippen molar-refractivity contribution in [2.45, 2.75) is 6.54 Å². The standard InChI is InChI=1S/C21H25N3O2S/c1-2-13-26-20-9-5-18(6-10-20)23-21(27)22-16-17-3-7-19(8-4-17)24-11-14-25-15-12-24/h2-10H,1,11-16H2,(H2,22,23,27). The number of hydrogen-bond donors (Lipinski definition) is 2. The highest BCUT2D eigenvalue weighted by atomic mass is 32.1. The maximum atomic E-state index is 5.47. The van der Waals surface area contributed by atoms with Crippen LogP contribution in [0.2, 0.25) is 0 Å². The van der Waals surface area contributed by atoms with Gasteiger partial charge < -0.3 is 25.0 Å². The molecular formula is C21H25N3O2S. The Morgan fingerprint density at radius 2 is 1.81 bits per heavy atom. The van der Waals surface area contributed by atoms with Gasteiger partial charge in [0.15, 0.2) is 5.11 Å². The maximum absolute atomic E-state index is 5.47. The summed E-state index contributed by atoms with van der Waals surface area (Å²) in [5.41, 5.74) is 3.34. The van der Waals surface area contributed by atoms with Crippen LogP contribution in [0.5, 0.6) is 5.75 Å². The lowest BCUT2D eigenvalue weighted by atomic mass is 10.2. The van der Waals surface area contributed by atoms with E-state index in [1.54, 1.807) is 6.08 Å². The Kier molecular flexibility index (Phi) is 7.07. The number of anilines is 2. The van der Waals surface area contributed by atoms with Gasteiger partial charge in [-0.2, -0.15) is 0 Å². The van der Waals surface area contributed by atoms with Crippen LogP contribution in [0.4, 0.5) is 11.4 Å². The molecule has 1 heterocycles. The van der Waals surface area contributed by atoms with Crippen molar-refractivity contribution in [2.75, 3.05) is 43.1 Å². The Bertz CT molecular complexity index is 741. The monoisotopic (exact) mass is 383 g/mol. The van der Waals surface area contributed by atoms with Crippen molar-refractivity contribution in [3.8, 4) is 5.75 Å². The normalized spacial score (nSPS) is 13.7. The van der Waals surface area contributed by atoms with Crippen LogP contribution in [0.1, 0.15) is 5.56 Å². The lowest BCUT2D eigenvalue weighted by molar-refractivity contribution is 0.122. The molecule has 0 saturated carbocycles. The van der Waals surface area contributed by atoms with Crippen molar-refractivity contribution in [3.05, 3.63) is 66.7 Å². The zero-order valence-corrected chi connectivity index (χ0v) is 16.1. The van der Waals surface area contributed by atoms with E-state index in [9.17, 15) is 0 Å². The second-order valence-electron chi connectivity index (χ2n) is 6.20. The number of nitrogens with zero attached hydrogens (tertiary/aromatic N) is 1. The molecule has 2 N–H and O–H groups in total. The molecule has 1 aliphatic rings. The first-order valence-corrected chi connectivity index (χ1v) is 9.45. The van der Waals surface area contributed by atoms with Gasteiger partial charge in [-0.15, -0.1) is 0 Å². The summed E-state index contributed by atoms with van der Waals surface area (Å²) < 4.78 is 10.9. The Morgan fingerprint density at radius 3 is 2.48 bits per heavy atom. The summed E-state index contributed by atoms with van der Waals surface area (Å²) >= 11 is 5.38. The quantitative estimate of drug-likeness (QED) is 0.563. The minimum atomic E-state index is 0.497. The topological polar surface area (TPSA) is 45.8 Å². The SMILES string of the molecule is C=CCOc1ccc(NC(=S)NCc2ccc(N3CCOCC3)cc2)cc1. The van der Waals surface area contributed by atoms with Crippen molar-refractivity contribution in [1.29, 1.82) is 0 Å². The summed E-state index contributed by atoms with van der Waals surface area (Å²) in [6.45, 7) is 8.30. The second-order valence-corrected chi connectivity index (χ2v) is 6.61. The van der Waals surface area contributed by atoms with Crippen LogP contribution in [0.25, 0.3) is 0 Å². The Hall–Kier alpha value is -2.57. The highest BCUT2D eigenvalue weighted by molar-refractivity contribution is 7.80. The van der Waals surface area contributed by atoms with Gasteiger partial charge in [-0.25, -0.2) is 0 Å². The molecule has 2 aromatic carbocycles. The van der Waals surface area contributed by atoms with Gasteiger partial charge in [0.1, 0.15) is 12.4 Å². The van der Waals surface area contributed by atoms with Crippen LogP contribution in [0.15, 0.2) is 61.2 Å². The van der Waals surface area contributed by atoms with Gasteiger partial charge in [0, 0.05) is 31.0 Å². The smallest absolute Gasteiger partial charge is 0.171 e. The van der Waals surface area contributed by atoms with E-state index in [0.717, 1.165) is 37.7 Å². The molecule has 6 heteroatoms. The average molecular weight is 384 g/mol. The summed E-state index contributed by atoms with van der Waals surface area (Å²) in [6, 6.07) is 16.2. The van der Waals surface area contributed by atoms with Gasteiger partial charge in [0.2, 0.25) is 0 Å². The lowest BCUT2D eigenvalue weighted by Gasteiger charge is -2.28. The van der Waals surface area contributed by atoms with Gasteiger partial charge in [-0.1, -0.05) is 24.8 Å². The molecule has 0 bridgehead atoms. The van der Waals surface area contributed by atoms with E-state index in [1.165, 1.54) is 11.3 Å². The molecule has 5 nitrogen and oxygen atoms in total. The molecule has 0 unspecified atom stereocenters. The van der Waals surface area contributed by atoms with Crippen molar-refractivity contribution in [3.63, 3.8) is 0 Å². The van der Waals surface area contributed by atoms with Crippen LogP contribution < -0.4 is 20.3 Å². The van der Waals surface area contributed by atoms with E-state index in [1.807, 2.05) is 24.3 Å². The Balaban J connectivity index is 1.45. The molecule has 142 valence electrons. The van der Waals surface area contributed by atoms with Crippen LogP contribution >= 0.6 is 12.2 Å². The summed E-state index contributed by atoms with van der Waals surface area (Å²) in [5.74, 6) is 0.805. The highest BCUT2D eigenvalue weighted by Crippen LogP contribution is 2.17. The molecule has 0 radical (unpaired) electrons. The predicted octanol–water partition coefficient (Wildman–Crippen LogP) is 3.57. The molecule has 1 fully saturated rings. The number of ether oxygens (including phenoxy) is 2. The molecule has 2 aromatic rings. The summed E-state index contributed by atoms with van der Waals surface area (Å²) in [4.78, 5) is 2.34. The van der Waals surface area contributed by atoms with Gasteiger partial charge in [-0.05, 0) is 54.2 Å². The van der Waals surface area contributed by atoms with Crippen molar-refractivity contribution < 1.29 is 9.47 Å². The van der Waals surface area contributed by atoms with E-state index in [0.29, 0.717) is 18.3 Å². The van der Waals surface area contributed by atoms with Gasteiger partial charge >= 0.3 is 0 Å². The van der Waals surface area contributed by atoms with Crippen molar-refractivity contribution in [1.82, 2.24) is 5.32 Å². The van der Waals surface area contributed by atoms with Gasteiger partial charge in [-0.3, -0.25) is 0 Å². The summed E-state index contributed by atoms with van der Waals surface area (Å²) in [5, 5.41) is 7.01. The Labute approximate surface area is 166 Å². The third kappa shape index (κ3) is 5.98. The van der Waals surface area contributed by atoms with Crippen LogP contribution in [0.3, 0.4) is 0 Å². The minimum absolute atomic E-state index is 0.497. The van der Waals surface area contributed by atoms with Crippen LogP contribution in [0, 0.1) is 0 Å². The van der Waals surface area contributed by atoms with Crippen molar-refractivity contribution >= 4 is 28.7 Å². The number of nitrogens with one attached hydrogen (secondary N) is 2. The summed E-state index contributed by atoms with van der Waals surface area (Å²) in [6.07, 6.45) is 1.72. The zero-order valence-electron chi connectivity index (χ0n) is 15.3. The first-order chi connectivity index (χ1) is 13.2. The number of hydrogen-bond acceptors (Lipinski definition) is 4. The molecule has 27 heavy (non-hydrogen) atoms. The molecule has 0 amide bonds. The van der Waals surface area contributed by atoms with E-state index < -0.39 is 0 Å². The minimum Gasteiger partial charge on any atom is -0.490 e. The zero-order chi connectivity index (χ0) is 18.9. The molecule has 0 aliphatic carbocycles. The fraction of sp³-hybridized carbons (Fsp3) is 0.286. The van der Waals surface area contributed by atoms with E-state index in [4.69, 9.17) is 21.7 Å². The number of rotatable bonds is 7. The van der Waals surface area contributed by atoms with Crippen molar-refractivity contribution in [2.24, 2.45) is 0 Å². The van der Waals surface area contributed by atoms with Gasteiger partial charge in [0.25, 0.3) is 0 Å². The largest absolute Gasteiger partial charge is 0.490 e. The first kappa shape index (κ1) is 19.2. The molecule has 3 rings (SSSR count). The predicted molar refractivity (Wildman–Crippen MR) is 115 cm³/mol. The third-order valence-electron chi connectivity index (χ3n) is 4.25. The number of benzene rings is 2. The number of thiocarbonyl (C=S) groups is 1. The fourth-order valence-electron chi connectivity index (χ4n) is 2.79. The van der Waals surface area contributed by atoms with Crippen LogP contribution in [-0.4, -0.2) is 38.0 Å². The summed E-state index contributed by atoms with van der Waals surface area (Å²) in [7, 11) is 0. The fourth-order valence-corrected chi connectivity index (χ4v) is 2.98. The van der Waals surface area contributed by atoms with E-state index >= 15 is 0 Å². The number of morpholine rings is 1. The van der Waals surface area contributed by atoms with Crippen LogP contribution in [-0.2, 0) is 11.3 Å². The Morgan fingerprint density at radius 1 is 1.11 bits per heavy atom. The van der Waals surface area contributed by atoms with E-state index in [-0.39, 0.29) is 0 Å². The molecule has 0 aromatic heterocycles. The van der Waals surface area contributed by atoms with E-state index in [2.05, 4.69) is 46.4 Å². The second kappa shape index (κ2) is 9.94. The van der Waals surface area contributed by atoms with Gasteiger partial charge in [0.05, 0.1) is 13.2 Å². The maximum Gasteiger partial charge on any atom is 0.171 e. The molecule has 1 saturated heterocycles. The molecule has 0 spiro atoms. The third-order valence-corrected chi connectivity index (χ3v) is 4.49. The lowest BCUT2D eigenvalue weighted by Crippen LogP contribution is -2.36. The average Bonchev–Trinajstić information content (AvgIpc) is 2.73. The highest BCUT2D eigenvalue weighted by Gasteiger charge is 2.10. The molecule has 0 atom stereocenters. The molecular weight excluding hydrogens is 358 g/mol. The first-order valence-electron chi connectivity index (χ1n) is 9.05.